The van der Waals surface area contributed by atoms with Gasteiger partial charge in [0, 0.05) is 12.2 Å². The number of carbonyl (C=O) groups excluding carboxylic acids is 2. The molecule has 2 aromatic rings. The predicted molar refractivity (Wildman–Crippen MR) is 96.7 cm³/mol. The van der Waals surface area contributed by atoms with Gasteiger partial charge in [0.05, 0.1) is 11.8 Å². The second kappa shape index (κ2) is 6.15. The Balaban J connectivity index is 1.49. The molecule has 4 N–H and O–H groups in total. The molecule has 5 rings (SSSR count). The molecule has 0 bridgehead atoms. The van der Waals surface area contributed by atoms with E-state index in [2.05, 4.69) is 20.4 Å². The molecule has 3 aliphatic rings. The molecule has 0 unspecified atom stereocenters. The number of aryl methyl sites for hydroxylation is 1. The number of nitrogens with zero attached hydrogens (tertiary/aromatic N) is 5. The van der Waals surface area contributed by atoms with Crippen LogP contribution in [-0.2, 0) is 14.3 Å². The largest absolute Gasteiger partial charge is 0.488 e. The summed E-state index contributed by atoms with van der Waals surface area (Å²) >= 11 is 1.24. The number of β-lactam (4-membered cyclic amide) rings is 1. The van der Waals surface area contributed by atoms with Crippen LogP contribution >= 0.6 is 11.8 Å². The predicted octanol–water partition coefficient (Wildman–Crippen LogP) is -1.50. The molecule has 0 spiro atoms. The highest BCUT2D eigenvalue weighted by Crippen LogP contribution is 2.40. The van der Waals surface area contributed by atoms with Crippen molar-refractivity contribution in [2.45, 2.75) is 30.1 Å². The van der Waals surface area contributed by atoms with Gasteiger partial charge in [-0.15, -0.1) is 5.10 Å². The van der Waals surface area contributed by atoms with Gasteiger partial charge in [-0.1, -0.05) is 11.8 Å². The lowest BCUT2D eigenvalue weighted by atomic mass is 9.92. The van der Waals surface area contributed by atoms with Crippen molar-refractivity contribution in [2.75, 3.05) is 12.3 Å². The Morgan fingerprint density at radius 1 is 1.45 bits per heavy atom. The van der Waals surface area contributed by atoms with E-state index in [-0.39, 0.29) is 52.9 Å². The number of fused-ring (bicyclic) bond motifs is 1. The van der Waals surface area contributed by atoms with Crippen LogP contribution in [0, 0.1) is 6.92 Å². The number of aliphatic carboxylic acids is 1. The molecule has 12 nitrogen and oxygen atoms in total. The molecule has 2 saturated heterocycles. The number of hydrogen-bond acceptors (Lipinski definition) is 9. The molecule has 150 valence electrons. The monoisotopic (exact) mass is 417 g/mol. The summed E-state index contributed by atoms with van der Waals surface area (Å²) in [6.07, 6.45) is -0.288. The molecule has 5 heterocycles. The molecule has 2 aromatic heterocycles. The fraction of sp³-hybridized carbons (Fsp3) is 0.375. The number of nitrogens with two attached hydrogens (primary N) is 1. The number of carboxylic acid groups (broad SMARTS) is 1. The van der Waals surface area contributed by atoms with Gasteiger partial charge in [-0.3, -0.25) is 14.5 Å². The lowest BCUT2D eigenvalue weighted by Gasteiger charge is -2.48. The van der Waals surface area contributed by atoms with Gasteiger partial charge in [0.25, 0.3) is 11.7 Å². The highest BCUT2D eigenvalue weighted by molar-refractivity contribution is 7.99. The van der Waals surface area contributed by atoms with Crippen LogP contribution in [0.5, 0.6) is 0 Å². The summed E-state index contributed by atoms with van der Waals surface area (Å²) in [6.45, 7) is 2.23. The van der Waals surface area contributed by atoms with Crippen LogP contribution in [0.2, 0.25) is 0 Å². The molecule has 0 aromatic carbocycles. The van der Waals surface area contributed by atoms with Gasteiger partial charge in [-0.05, 0) is 13.0 Å². The first-order valence-electron chi connectivity index (χ1n) is 8.71. The minimum atomic E-state index is -1.22. The van der Waals surface area contributed by atoms with Crippen LogP contribution < -0.4 is 11.1 Å². The van der Waals surface area contributed by atoms with Crippen LogP contribution in [0.1, 0.15) is 16.3 Å². The van der Waals surface area contributed by atoms with Crippen LogP contribution in [-0.4, -0.2) is 77.9 Å². The van der Waals surface area contributed by atoms with Crippen molar-refractivity contribution in [3.05, 3.63) is 29.0 Å². The molecule has 29 heavy (non-hydrogen) atoms. The number of amides is 2. The number of carboxylic acids is 1. The Morgan fingerprint density at radius 2 is 2.24 bits per heavy atom. The van der Waals surface area contributed by atoms with Crippen molar-refractivity contribution in [3.63, 3.8) is 0 Å². The van der Waals surface area contributed by atoms with Gasteiger partial charge in [0.2, 0.25) is 11.7 Å². The second-order valence-corrected chi connectivity index (χ2v) is 7.85. The van der Waals surface area contributed by atoms with Crippen molar-refractivity contribution < 1.29 is 24.2 Å². The second-order valence-electron chi connectivity index (χ2n) is 6.85. The lowest BCUT2D eigenvalue weighted by molar-refractivity contribution is -0.158. The minimum absolute atomic E-state index is 0.137. The first-order valence-corrected chi connectivity index (χ1v) is 9.70. The van der Waals surface area contributed by atoms with Crippen LogP contribution in [0.4, 0.5) is 0 Å². The van der Waals surface area contributed by atoms with Crippen molar-refractivity contribution in [1.29, 1.82) is 0 Å². The molecule has 3 atom stereocenters. The number of primary amides is 1. The third kappa shape index (κ3) is 2.57. The van der Waals surface area contributed by atoms with Gasteiger partial charge in [0.15, 0.2) is 5.70 Å². The summed E-state index contributed by atoms with van der Waals surface area (Å²) in [5.41, 5.74) is 5.75. The van der Waals surface area contributed by atoms with E-state index in [0.717, 1.165) is 0 Å². The highest BCUT2D eigenvalue weighted by Gasteiger charge is 2.61. The molecule has 3 aliphatic heterocycles. The molecule has 13 heteroatoms. The van der Waals surface area contributed by atoms with Crippen molar-refractivity contribution >= 4 is 35.3 Å². The van der Waals surface area contributed by atoms with Gasteiger partial charge in [-0.25, -0.2) is 9.78 Å². The number of hydrogen-bond donors (Lipinski definition) is 3. The van der Waals surface area contributed by atoms with E-state index in [0.29, 0.717) is 17.3 Å². The van der Waals surface area contributed by atoms with Gasteiger partial charge in [-0.2, -0.15) is 9.50 Å². The Kier molecular flexibility index (Phi) is 3.79. The third-order valence-electron chi connectivity index (χ3n) is 5.04. The number of thioether (sulfide) groups is 1. The Morgan fingerprint density at radius 3 is 2.97 bits per heavy atom. The van der Waals surface area contributed by atoms with Crippen molar-refractivity contribution in [3.8, 4) is 0 Å². The van der Waals surface area contributed by atoms with Crippen LogP contribution in [0.15, 0.2) is 22.5 Å². The average molecular weight is 417 g/mol. The summed E-state index contributed by atoms with van der Waals surface area (Å²) < 4.78 is 7.29. The van der Waals surface area contributed by atoms with E-state index < -0.39 is 11.9 Å². The number of rotatable bonds is 5. The smallest absolute Gasteiger partial charge is 0.356 e. The SMILES string of the molecule is Cc1cc(SCC2=C(C(=O)O)N3C(=O)[C@H]4NC[C@@H](O2)[C@H]43)n2nc(C(N)=O)nc2n1. The summed E-state index contributed by atoms with van der Waals surface area (Å²) in [6, 6.07) is 1.06. The number of ether oxygens (including phenoxy) is 1. The van der Waals surface area contributed by atoms with E-state index in [4.69, 9.17) is 10.5 Å². The first-order chi connectivity index (χ1) is 13.8. The topological polar surface area (TPSA) is 165 Å². The molecule has 0 aliphatic carbocycles. The normalized spacial score (nSPS) is 25.1. The van der Waals surface area contributed by atoms with Crippen molar-refractivity contribution in [2.24, 2.45) is 5.73 Å². The number of nitrogens with one attached hydrogen (secondary N) is 1. The van der Waals surface area contributed by atoms with E-state index >= 15 is 0 Å². The zero-order chi connectivity index (χ0) is 20.4. The van der Waals surface area contributed by atoms with E-state index in [1.807, 2.05) is 0 Å². The average Bonchev–Trinajstić information content (AvgIpc) is 3.26. The fourth-order valence-electron chi connectivity index (χ4n) is 3.83. The van der Waals surface area contributed by atoms with E-state index in [1.165, 1.54) is 21.2 Å². The number of aromatic nitrogens is 4. The third-order valence-corrected chi connectivity index (χ3v) is 6.04. The van der Waals surface area contributed by atoms with Crippen LogP contribution in [0.25, 0.3) is 5.78 Å². The maximum absolute atomic E-state index is 12.3. The Hall–Kier alpha value is -3.19. The molecule has 2 amide bonds. The maximum Gasteiger partial charge on any atom is 0.356 e. The zero-order valence-electron chi connectivity index (χ0n) is 15.0. The summed E-state index contributed by atoms with van der Waals surface area (Å²) in [7, 11) is 0. The lowest BCUT2D eigenvalue weighted by Crippen LogP contribution is -2.69. The Bertz CT molecular complexity index is 1130. The molecule has 0 saturated carbocycles. The maximum atomic E-state index is 12.3. The molecule has 0 radical (unpaired) electrons. The first kappa shape index (κ1) is 17.9. The van der Waals surface area contributed by atoms with Gasteiger partial charge >= 0.3 is 5.97 Å². The highest BCUT2D eigenvalue weighted by atomic mass is 32.2. The van der Waals surface area contributed by atoms with Crippen molar-refractivity contribution in [1.82, 2.24) is 29.8 Å². The summed E-state index contributed by atoms with van der Waals surface area (Å²) in [5, 5.41) is 17.4. The van der Waals surface area contributed by atoms with Crippen LogP contribution in [0.3, 0.4) is 0 Å². The molecular weight excluding hydrogens is 402 g/mol. The summed E-state index contributed by atoms with van der Waals surface area (Å²) in [4.78, 5) is 45.1. The van der Waals surface area contributed by atoms with E-state index in [1.54, 1.807) is 13.0 Å². The summed E-state index contributed by atoms with van der Waals surface area (Å²) in [5.74, 6) is -1.86. The van der Waals surface area contributed by atoms with Gasteiger partial charge < -0.3 is 20.9 Å². The molecule has 2 fully saturated rings. The molecular formula is C16H15N7O5S. The Labute approximate surface area is 167 Å². The van der Waals surface area contributed by atoms with Gasteiger partial charge in [0.1, 0.15) is 22.9 Å². The quantitative estimate of drug-likeness (QED) is 0.296. The minimum Gasteiger partial charge on any atom is -0.488 e. The zero-order valence-corrected chi connectivity index (χ0v) is 15.8. The standard InChI is InChI=1S/C16H15N7O5S/c1-5-2-8(23-16(19-5)20-13(21-23)12(17)24)29-4-7-11(15(26)27)22-10-6(28-7)3-18-9(10)14(22)25/h2,6,9-10,18H,3-4H2,1H3,(H2,17,24)(H,26,27)/t6-,9+,10-/m1/s1. The number of carbonyl (C=O) groups is 3. The fourth-order valence-corrected chi connectivity index (χ4v) is 4.81. The van der Waals surface area contributed by atoms with E-state index in [9.17, 15) is 19.5 Å².